The summed E-state index contributed by atoms with van der Waals surface area (Å²) in [7, 11) is 3.08. The number of benzene rings is 2. The highest BCUT2D eigenvalue weighted by Crippen LogP contribution is 2.27. The quantitative estimate of drug-likeness (QED) is 0.639. The van der Waals surface area contributed by atoms with Gasteiger partial charge in [-0.3, -0.25) is 4.79 Å². The smallest absolute Gasteiger partial charge is 0.258 e. The normalized spacial score (nSPS) is 10.4. The second-order valence-electron chi connectivity index (χ2n) is 5.99. The number of ether oxygens (including phenoxy) is 3. The average molecular weight is 383 g/mol. The van der Waals surface area contributed by atoms with Gasteiger partial charge in [-0.15, -0.1) is 0 Å². The van der Waals surface area contributed by atoms with E-state index in [9.17, 15) is 4.79 Å². The molecule has 1 aromatic heterocycles. The molecular weight excluding hydrogens is 362 g/mol. The fourth-order valence-corrected chi connectivity index (χ4v) is 2.39. The molecule has 0 bridgehead atoms. The van der Waals surface area contributed by atoms with Crippen LogP contribution in [0.2, 0.25) is 0 Å². The van der Waals surface area contributed by atoms with E-state index < -0.39 is 0 Å². The minimum atomic E-state index is -0.322. The van der Waals surface area contributed by atoms with Crippen LogP contribution in [0.25, 0.3) is 11.4 Å². The van der Waals surface area contributed by atoms with Crippen molar-refractivity contribution < 1.29 is 23.5 Å². The van der Waals surface area contributed by atoms with Gasteiger partial charge in [0, 0.05) is 23.8 Å². The van der Waals surface area contributed by atoms with E-state index in [-0.39, 0.29) is 19.1 Å². The molecule has 1 N–H and O–H groups in total. The summed E-state index contributed by atoms with van der Waals surface area (Å²) in [4.78, 5) is 16.3. The van der Waals surface area contributed by atoms with Crippen molar-refractivity contribution in [3.8, 4) is 28.6 Å². The van der Waals surface area contributed by atoms with Crippen molar-refractivity contribution in [1.82, 2.24) is 15.5 Å². The summed E-state index contributed by atoms with van der Waals surface area (Å²) in [5.74, 6) is 2.08. The number of rotatable bonds is 8. The predicted molar refractivity (Wildman–Crippen MR) is 101 cm³/mol. The molecule has 0 spiro atoms. The molecule has 0 fully saturated rings. The standard InChI is InChI=1S/C20H21N3O5/c1-13-4-6-14(7-5-13)20-22-19(28-23-20)11-21-18(24)12-27-17-9-15(25-2)8-16(10-17)26-3/h4-10H,11-12H2,1-3H3,(H,21,24). The van der Waals surface area contributed by atoms with Gasteiger partial charge in [-0.2, -0.15) is 4.98 Å². The van der Waals surface area contributed by atoms with Gasteiger partial charge in [0.1, 0.15) is 17.2 Å². The molecule has 0 unspecified atom stereocenters. The largest absolute Gasteiger partial charge is 0.496 e. The third-order valence-electron chi connectivity index (χ3n) is 3.91. The maximum Gasteiger partial charge on any atom is 0.258 e. The first-order valence-corrected chi connectivity index (χ1v) is 8.59. The van der Waals surface area contributed by atoms with E-state index in [1.54, 1.807) is 32.4 Å². The van der Waals surface area contributed by atoms with E-state index in [0.717, 1.165) is 11.1 Å². The predicted octanol–water partition coefficient (Wildman–Crippen LogP) is 2.76. The molecule has 0 atom stereocenters. The first kappa shape index (κ1) is 19.2. The van der Waals surface area contributed by atoms with Crippen molar-refractivity contribution in [3.63, 3.8) is 0 Å². The third kappa shape index (κ3) is 5.00. The van der Waals surface area contributed by atoms with Gasteiger partial charge in [-0.05, 0) is 6.92 Å². The molecule has 0 aliphatic rings. The molecule has 3 rings (SSSR count). The summed E-state index contributed by atoms with van der Waals surface area (Å²) in [5.41, 5.74) is 2.00. The Hall–Kier alpha value is -3.55. The van der Waals surface area contributed by atoms with E-state index in [1.165, 1.54) is 0 Å². The second-order valence-corrected chi connectivity index (χ2v) is 5.99. The second kappa shape index (κ2) is 8.90. The van der Waals surface area contributed by atoms with Gasteiger partial charge < -0.3 is 24.1 Å². The SMILES string of the molecule is COc1cc(OC)cc(OCC(=O)NCc2nc(-c3ccc(C)cc3)no2)c1. The van der Waals surface area contributed by atoms with Crippen molar-refractivity contribution in [3.05, 3.63) is 53.9 Å². The lowest BCUT2D eigenvalue weighted by Gasteiger charge is -2.10. The number of carbonyl (C=O) groups is 1. The van der Waals surface area contributed by atoms with Crippen molar-refractivity contribution >= 4 is 5.91 Å². The van der Waals surface area contributed by atoms with Gasteiger partial charge in [0.05, 0.1) is 20.8 Å². The summed E-state index contributed by atoms with van der Waals surface area (Å²) in [6.45, 7) is 1.95. The van der Waals surface area contributed by atoms with Crippen LogP contribution in [-0.2, 0) is 11.3 Å². The van der Waals surface area contributed by atoms with Crippen LogP contribution in [0.1, 0.15) is 11.5 Å². The highest BCUT2D eigenvalue weighted by atomic mass is 16.5. The molecule has 146 valence electrons. The monoisotopic (exact) mass is 383 g/mol. The van der Waals surface area contributed by atoms with Crippen LogP contribution in [0, 0.1) is 6.92 Å². The molecule has 0 saturated heterocycles. The molecule has 0 aliphatic heterocycles. The average Bonchev–Trinajstić information content (AvgIpc) is 3.20. The van der Waals surface area contributed by atoms with Crippen molar-refractivity contribution in [2.45, 2.75) is 13.5 Å². The van der Waals surface area contributed by atoms with Gasteiger partial charge in [0.15, 0.2) is 6.61 Å². The summed E-state index contributed by atoms with van der Waals surface area (Å²) in [5, 5.41) is 6.61. The summed E-state index contributed by atoms with van der Waals surface area (Å²) >= 11 is 0. The topological polar surface area (TPSA) is 95.7 Å². The van der Waals surface area contributed by atoms with Crippen LogP contribution < -0.4 is 19.5 Å². The molecule has 0 aliphatic carbocycles. The Balaban J connectivity index is 1.52. The Morgan fingerprint density at radius 2 is 1.68 bits per heavy atom. The molecule has 28 heavy (non-hydrogen) atoms. The number of nitrogens with one attached hydrogen (secondary N) is 1. The lowest BCUT2D eigenvalue weighted by Crippen LogP contribution is -2.28. The van der Waals surface area contributed by atoms with Crippen molar-refractivity contribution in [2.24, 2.45) is 0 Å². The number of aromatic nitrogens is 2. The number of carbonyl (C=O) groups excluding carboxylic acids is 1. The minimum absolute atomic E-state index is 0.114. The Morgan fingerprint density at radius 3 is 2.32 bits per heavy atom. The van der Waals surface area contributed by atoms with E-state index in [0.29, 0.717) is 29.0 Å². The summed E-state index contributed by atoms with van der Waals surface area (Å²) < 4.78 is 21.0. The molecular formula is C20H21N3O5. The lowest BCUT2D eigenvalue weighted by molar-refractivity contribution is -0.123. The number of hydrogen-bond donors (Lipinski definition) is 1. The minimum Gasteiger partial charge on any atom is -0.496 e. The molecule has 8 heteroatoms. The molecule has 2 aromatic carbocycles. The zero-order valence-corrected chi connectivity index (χ0v) is 15.9. The highest BCUT2D eigenvalue weighted by Gasteiger charge is 2.11. The molecule has 1 amide bonds. The van der Waals surface area contributed by atoms with Gasteiger partial charge >= 0.3 is 0 Å². The van der Waals surface area contributed by atoms with Crippen LogP contribution in [0.4, 0.5) is 0 Å². The highest BCUT2D eigenvalue weighted by molar-refractivity contribution is 5.77. The molecule has 0 radical (unpaired) electrons. The summed E-state index contributed by atoms with van der Waals surface area (Å²) in [6, 6.07) is 12.8. The summed E-state index contributed by atoms with van der Waals surface area (Å²) in [6.07, 6.45) is 0. The van der Waals surface area contributed by atoms with Crippen LogP contribution in [-0.4, -0.2) is 36.9 Å². The van der Waals surface area contributed by atoms with Gasteiger partial charge in [0.2, 0.25) is 11.7 Å². The van der Waals surface area contributed by atoms with E-state index in [2.05, 4.69) is 15.5 Å². The van der Waals surface area contributed by atoms with Gasteiger partial charge in [0.25, 0.3) is 5.91 Å². The van der Waals surface area contributed by atoms with Crippen LogP contribution in [0.3, 0.4) is 0 Å². The van der Waals surface area contributed by atoms with Gasteiger partial charge in [-0.25, -0.2) is 0 Å². The van der Waals surface area contributed by atoms with Crippen molar-refractivity contribution in [1.29, 1.82) is 0 Å². The van der Waals surface area contributed by atoms with Crippen LogP contribution >= 0.6 is 0 Å². The first-order chi connectivity index (χ1) is 13.6. The maximum atomic E-state index is 12.0. The fourth-order valence-electron chi connectivity index (χ4n) is 2.39. The number of hydrogen-bond acceptors (Lipinski definition) is 7. The fraction of sp³-hybridized carbons (Fsp3) is 0.250. The zero-order chi connectivity index (χ0) is 19.9. The van der Waals surface area contributed by atoms with E-state index in [1.807, 2.05) is 31.2 Å². The van der Waals surface area contributed by atoms with Crippen LogP contribution in [0.15, 0.2) is 47.0 Å². The zero-order valence-electron chi connectivity index (χ0n) is 15.9. The van der Waals surface area contributed by atoms with E-state index >= 15 is 0 Å². The number of methoxy groups -OCH3 is 2. The van der Waals surface area contributed by atoms with Gasteiger partial charge in [-0.1, -0.05) is 35.0 Å². The Bertz CT molecular complexity index is 915. The Kier molecular flexibility index (Phi) is 6.11. The third-order valence-corrected chi connectivity index (χ3v) is 3.91. The number of aryl methyl sites for hydroxylation is 1. The number of nitrogens with zero attached hydrogens (tertiary/aromatic N) is 2. The molecule has 0 saturated carbocycles. The number of amides is 1. The Morgan fingerprint density at radius 1 is 1.04 bits per heavy atom. The van der Waals surface area contributed by atoms with E-state index in [4.69, 9.17) is 18.7 Å². The van der Waals surface area contributed by atoms with Crippen LogP contribution in [0.5, 0.6) is 17.2 Å². The Labute approximate surface area is 162 Å². The molecule has 1 heterocycles. The first-order valence-electron chi connectivity index (χ1n) is 8.59. The lowest BCUT2D eigenvalue weighted by atomic mass is 10.1. The maximum absolute atomic E-state index is 12.0. The van der Waals surface area contributed by atoms with Crippen molar-refractivity contribution in [2.75, 3.05) is 20.8 Å². The molecule has 3 aromatic rings. The molecule has 8 nitrogen and oxygen atoms in total.